The minimum absolute atomic E-state index is 0.0910. The molecule has 0 aliphatic carbocycles. The molecule has 9 nitrogen and oxygen atoms in total. The van der Waals surface area contributed by atoms with E-state index in [1.807, 2.05) is 30.3 Å². The van der Waals surface area contributed by atoms with Gasteiger partial charge in [-0.3, -0.25) is 4.79 Å². The van der Waals surface area contributed by atoms with E-state index in [2.05, 4.69) is 10.3 Å². The summed E-state index contributed by atoms with van der Waals surface area (Å²) in [5, 5.41) is 3.74. The van der Waals surface area contributed by atoms with Gasteiger partial charge in [0.05, 0.1) is 26.3 Å². The molecule has 1 aromatic heterocycles. The standard InChI is InChI=1S/C27H25N3O6/c1-33-21-8-5-20(6-9-21)28-27(32)30(14-17-3-10-24-25(11-17)36-16-35-24)15-19-12-18-4-7-22(34-2)13-23(18)29-26(19)31/h3-13H,14-16H2,1-2H3,(H,28,32)(H,29,31). The quantitative estimate of drug-likeness (QED) is 0.398. The molecular formula is C27H25N3O6. The number of aromatic amines is 1. The first-order chi connectivity index (χ1) is 17.5. The summed E-state index contributed by atoms with van der Waals surface area (Å²) in [6.45, 7) is 0.504. The van der Waals surface area contributed by atoms with Gasteiger partial charge in [-0.2, -0.15) is 0 Å². The van der Waals surface area contributed by atoms with Crippen molar-refractivity contribution < 1.29 is 23.7 Å². The molecule has 2 amide bonds. The number of rotatable bonds is 7. The number of amides is 2. The fourth-order valence-electron chi connectivity index (χ4n) is 4.01. The van der Waals surface area contributed by atoms with Crippen molar-refractivity contribution in [3.05, 3.63) is 88.2 Å². The minimum atomic E-state index is -0.355. The molecule has 3 aromatic carbocycles. The Balaban J connectivity index is 1.44. The Morgan fingerprint density at radius 3 is 2.44 bits per heavy atom. The lowest BCUT2D eigenvalue weighted by Gasteiger charge is -2.23. The number of ether oxygens (including phenoxy) is 4. The SMILES string of the molecule is COc1ccc(NC(=O)N(Cc2ccc3c(c2)OCO3)Cc2cc3ccc(OC)cc3[nH]c2=O)cc1. The van der Waals surface area contributed by atoms with E-state index >= 15 is 0 Å². The summed E-state index contributed by atoms with van der Waals surface area (Å²) < 4.78 is 21.3. The van der Waals surface area contributed by atoms with Crippen LogP contribution in [0.2, 0.25) is 0 Å². The van der Waals surface area contributed by atoms with Gasteiger partial charge in [0.25, 0.3) is 5.56 Å². The summed E-state index contributed by atoms with van der Waals surface area (Å²) in [4.78, 5) is 30.8. The number of methoxy groups -OCH3 is 2. The molecule has 0 atom stereocenters. The molecule has 2 N–H and O–H groups in total. The zero-order valence-corrected chi connectivity index (χ0v) is 19.9. The average molecular weight is 488 g/mol. The third-order valence-corrected chi connectivity index (χ3v) is 5.93. The summed E-state index contributed by atoms with van der Waals surface area (Å²) >= 11 is 0. The lowest BCUT2D eigenvalue weighted by molar-refractivity contribution is 0.174. The van der Waals surface area contributed by atoms with Crippen LogP contribution in [-0.4, -0.2) is 36.9 Å². The fraction of sp³-hybridized carbons (Fsp3) is 0.185. The number of nitrogens with zero attached hydrogens (tertiary/aromatic N) is 1. The second kappa shape index (κ2) is 9.91. The number of hydrogen-bond acceptors (Lipinski definition) is 6. The van der Waals surface area contributed by atoms with Gasteiger partial charge in [0, 0.05) is 23.9 Å². The number of hydrogen-bond donors (Lipinski definition) is 2. The van der Waals surface area contributed by atoms with Gasteiger partial charge in [0.2, 0.25) is 6.79 Å². The number of H-pyrrole nitrogens is 1. The van der Waals surface area contributed by atoms with E-state index in [0.29, 0.717) is 39.8 Å². The van der Waals surface area contributed by atoms with Gasteiger partial charge in [0.15, 0.2) is 11.5 Å². The van der Waals surface area contributed by atoms with Crippen molar-refractivity contribution in [1.29, 1.82) is 0 Å². The van der Waals surface area contributed by atoms with E-state index in [1.165, 1.54) is 0 Å². The first-order valence-electron chi connectivity index (χ1n) is 11.3. The van der Waals surface area contributed by atoms with E-state index in [0.717, 1.165) is 10.9 Å². The van der Waals surface area contributed by atoms with Crippen molar-refractivity contribution >= 4 is 22.6 Å². The van der Waals surface area contributed by atoms with Crippen LogP contribution < -0.4 is 29.8 Å². The Bertz CT molecular complexity index is 1470. The lowest BCUT2D eigenvalue weighted by Crippen LogP contribution is -2.35. The summed E-state index contributed by atoms with van der Waals surface area (Å²) in [5.74, 6) is 2.62. The largest absolute Gasteiger partial charge is 0.497 e. The molecule has 0 fully saturated rings. The maximum Gasteiger partial charge on any atom is 0.322 e. The van der Waals surface area contributed by atoms with Crippen LogP contribution >= 0.6 is 0 Å². The summed E-state index contributed by atoms with van der Waals surface area (Å²) in [6.07, 6.45) is 0. The Morgan fingerprint density at radius 2 is 1.67 bits per heavy atom. The smallest absolute Gasteiger partial charge is 0.322 e. The fourth-order valence-corrected chi connectivity index (χ4v) is 4.01. The molecule has 1 aliphatic heterocycles. The third-order valence-electron chi connectivity index (χ3n) is 5.93. The van der Waals surface area contributed by atoms with Gasteiger partial charge in [-0.1, -0.05) is 6.07 Å². The monoisotopic (exact) mass is 487 g/mol. The molecule has 0 unspecified atom stereocenters. The molecule has 9 heteroatoms. The second-order valence-corrected chi connectivity index (χ2v) is 8.28. The number of fused-ring (bicyclic) bond motifs is 2. The van der Waals surface area contributed by atoms with Gasteiger partial charge in [-0.05, 0) is 65.5 Å². The molecule has 0 spiro atoms. The highest BCUT2D eigenvalue weighted by atomic mass is 16.7. The number of benzene rings is 3. The number of nitrogens with one attached hydrogen (secondary N) is 2. The van der Waals surface area contributed by atoms with Gasteiger partial charge in [-0.25, -0.2) is 4.79 Å². The van der Waals surface area contributed by atoms with Gasteiger partial charge >= 0.3 is 6.03 Å². The summed E-state index contributed by atoms with van der Waals surface area (Å²) in [5.41, 5.74) is 2.29. The van der Waals surface area contributed by atoms with Crippen LogP contribution in [0.1, 0.15) is 11.1 Å². The number of carbonyl (C=O) groups excluding carboxylic acids is 1. The van der Waals surface area contributed by atoms with E-state index in [4.69, 9.17) is 18.9 Å². The predicted molar refractivity (Wildman–Crippen MR) is 135 cm³/mol. The Labute approximate surface area is 207 Å². The highest BCUT2D eigenvalue weighted by Crippen LogP contribution is 2.33. The Morgan fingerprint density at radius 1 is 0.917 bits per heavy atom. The molecule has 36 heavy (non-hydrogen) atoms. The summed E-state index contributed by atoms with van der Waals surface area (Å²) in [7, 11) is 3.15. The van der Waals surface area contributed by atoms with Crippen molar-refractivity contribution in [1.82, 2.24) is 9.88 Å². The molecule has 2 heterocycles. The molecule has 4 aromatic rings. The van der Waals surface area contributed by atoms with E-state index in [-0.39, 0.29) is 31.5 Å². The first kappa shape index (κ1) is 23.1. The highest BCUT2D eigenvalue weighted by Gasteiger charge is 2.20. The first-order valence-corrected chi connectivity index (χ1v) is 11.3. The van der Waals surface area contributed by atoms with Crippen molar-refractivity contribution in [3.63, 3.8) is 0 Å². The van der Waals surface area contributed by atoms with Crippen LogP contribution in [0.4, 0.5) is 10.5 Å². The maximum atomic E-state index is 13.4. The molecule has 5 rings (SSSR count). The third kappa shape index (κ3) is 4.90. The molecule has 0 saturated carbocycles. The van der Waals surface area contributed by atoms with E-state index in [1.54, 1.807) is 55.5 Å². The number of urea groups is 1. The number of pyridine rings is 1. The molecule has 184 valence electrons. The summed E-state index contributed by atoms with van der Waals surface area (Å²) in [6, 6.07) is 19.5. The van der Waals surface area contributed by atoms with Crippen LogP contribution in [0.25, 0.3) is 10.9 Å². The van der Waals surface area contributed by atoms with Gasteiger partial charge < -0.3 is 34.1 Å². The van der Waals surface area contributed by atoms with Gasteiger partial charge in [-0.15, -0.1) is 0 Å². The zero-order chi connectivity index (χ0) is 25.1. The van der Waals surface area contributed by atoms with E-state index < -0.39 is 0 Å². The van der Waals surface area contributed by atoms with Crippen LogP contribution in [0, 0.1) is 0 Å². The van der Waals surface area contributed by atoms with E-state index in [9.17, 15) is 9.59 Å². The van der Waals surface area contributed by atoms with Crippen molar-refractivity contribution in [2.45, 2.75) is 13.1 Å². The molecule has 0 radical (unpaired) electrons. The Kier molecular flexibility index (Phi) is 6.36. The minimum Gasteiger partial charge on any atom is -0.497 e. The second-order valence-electron chi connectivity index (χ2n) is 8.28. The van der Waals surface area contributed by atoms with Crippen LogP contribution in [-0.2, 0) is 13.1 Å². The number of carbonyl (C=O) groups is 1. The topological polar surface area (TPSA) is 102 Å². The predicted octanol–water partition coefficient (Wildman–Crippen LogP) is 4.51. The highest BCUT2D eigenvalue weighted by molar-refractivity contribution is 5.89. The number of aromatic nitrogens is 1. The zero-order valence-electron chi connectivity index (χ0n) is 19.9. The van der Waals surface area contributed by atoms with Crippen molar-refractivity contribution in [2.75, 3.05) is 26.3 Å². The van der Waals surface area contributed by atoms with Crippen LogP contribution in [0.5, 0.6) is 23.0 Å². The van der Waals surface area contributed by atoms with Crippen LogP contribution in [0.3, 0.4) is 0 Å². The lowest BCUT2D eigenvalue weighted by atomic mass is 10.1. The maximum absolute atomic E-state index is 13.4. The molecule has 0 bridgehead atoms. The normalized spacial score (nSPS) is 11.8. The molecule has 0 saturated heterocycles. The van der Waals surface area contributed by atoms with Crippen molar-refractivity contribution in [3.8, 4) is 23.0 Å². The Hall–Kier alpha value is -4.66. The average Bonchev–Trinajstić information content (AvgIpc) is 3.37. The number of anilines is 1. The molecular weight excluding hydrogens is 462 g/mol. The molecule has 1 aliphatic rings. The van der Waals surface area contributed by atoms with Gasteiger partial charge in [0.1, 0.15) is 11.5 Å². The van der Waals surface area contributed by atoms with Crippen LogP contribution in [0.15, 0.2) is 71.5 Å². The van der Waals surface area contributed by atoms with Crippen molar-refractivity contribution in [2.24, 2.45) is 0 Å².